The van der Waals surface area contributed by atoms with Crippen LogP contribution in [0, 0.1) is 17.8 Å². The predicted molar refractivity (Wildman–Crippen MR) is 40.9 cm³/mol. The summed E-state index contributed by atoms with van der Waals surface area (Å²) >= 11 is 0. The van der Waals surface area contributed by atoms with Crippen LogP contribution >= 0.6 is 0 Å². The second kappa shape index (κ2) is 2.29. The van der Waals surface area contributed by atoms with E-state index in [4.69, 9.17) is 0 Å². The summed E-state index contributed by atoms with van der Waals surface area (Å²) in [6, 6.07) is 0. The minimum atomic E-state index is -4.50. The van der Waals surface area contributed by atoms with Crippen molar-refractivity contribution in [2.24, 2.45) is 17.8 Å². The van der Waals surface area contributed by atoms with Gasteiger partial charge in [0.05, 0.1) is 0 Å². The molecule has 2 bridgehead atoms. The third kappa shape index (κ3) is 0.923. The molecule has 0 aliphatic heterocycles. The minimum Gasteiger partial charge on any atom is -0.380 e. The highest BCUT2D eigenvalue weighted by Crippen LogP contribution is 2.56. The van der Waals surface area contributed by atoms with E-state index in [0.29, 0.717) is 6.42 Å². The van der Waals surface area contributed by atoms with Crippen LogP contribution in [0.1, 0.15) is 13.3 Å². The molecule has 0 amide bonds. The first-order valence-electron chi connectivity index (χ1n) is 4.35. The second-order valence-corrected chi connectivity index (χ2v) is 4.00. The third-order valence-electron chi connectivity index (χ3n) is 3.47. The predicted octanol–water partition coefficient (Wildman–Crippen LogP) is 2.12. The zero-order valence-corrected chi connectivity index (χ0v) is 7.17. The first-order chi connectivity index (χ1) is 5.87. The number of halogens is 3. The molecule has 0 aromatic carbocycles. The lowest BCUT2D eigenvalue weighted by Crippen LogP contribution is -2.53. The summed E-state index contributed by atoms with van der Waals surface area (Å²) in [5, 5.41) is 9.61. The molecule has 13 heavy (non-hydrogen) atoms. The van der Waals surface area contributed by atoms with Crippen molar-refractivity contribution in [3.63, 3.8) is 0 Å². The lowest BCUT2D eigenvalue weighted by Gasteiger charge is -2.36. The molecule has 1 N–H and O–H groups in total. The van der Waals surface area contributed by atoms with Crippen molar-refractivity contribution < 1.29 is 18.3 Å². The highest BCUT2D eigenvalue weighted by atomic mass is 19.4. The zero-order valence-electron chi connectivity index (χ0n) is 7.17. The Morgan fingerprint density at radius 2 is 2.00 bits per heavy atom. The topological polar surface area (TPSA) is 20.2 Å². The van der Waals surface area contributed by atoms with Gasteiger partial charge in [-0.2, -0.15) is 13.2 Å². The summed E-state index contributed by atoms with van der Waals surface area (Å²) in [5.41, 5.74) is -2.48. The molecule has 2 aliphatic carbocycles. The van der Waals surface area contributed by atoms with Crippen LogP contribution in [0.5, 0.6) is 0 Å². The molecule has 2 aliphatic rings. The van der Waals surface area contributed by atoms with Crippen molar-refractivity contribution in [3.8, 4) is 0 Å². The van der Waals surface area contributed by atoms with Crippen LogP contribution in [0.2, 0.25) is 0 Å². The summed E-state index contributed by atoms with van der Waals surface area (Å²) in [7, 11) is 0. The standard InChI is InChI=1S/C9H11F3O/c1-5-6-2-3-7(4-6)8(5,13)9(10,11)12/h2-3,5-7,13H,4H2,1H3. The van der Waals surface area contributed by atoms with Crippen molar-refractivity contribution in [2.75, 3.05) is 0 Å². The highest BCUT2D eigenvalue weighted by molar-refractivity contribution is 5.21. The van der Waals surface area contributed by atoms with E-state index in [1.807, 2.05) is 0 Å². The van der Waals surface area contributed by atoms with Crippen molar-refractivity contribution in [3.05, 3.63) is 12.2 Å². The fourth-order valence-electron chi connectivity index (χ4n) is 2.56. The molecule has 0 radical (unpaired) electrons. The van der Waals surface area contributed by atoms with E-state index in [1.165, 1.54) is 13.0 Å². The highest BCUT2D eigenvalue weighted by Gasteiger charge is 2.67. The maximum Gasteiger partial charge on any atom is 0.418 e. The van der Waals surface area contributed by atoms with Crippen LogP contribution in [-0.4, -0.2) is 16.9 Å². The van der Waals surface area contributed by atoms with Gasteiger partial charge in [-0.1, -0.05) is 19.1 Å². The van der Waals surface area contributed by atoms with Gasteiger partial charge in [0.25, 0.3) is 0 Å². The molecule has 1 saturated carbocycles. The van der Waals surface area contributed by atoms with Gasteiger partial charge in [0.2, 0.25) is 0 Å². The summed E-state index contributed by atoms with van der Waals surface area (Å²) in [5.74, 6) is -1.54. The van der Waals surface area contributed by atoms with Crippen LogP contribution in [0.3, 0.4) is 0 Å². The van der Waals surface area contributed by atoms with Gasteiger partial charge in [-0.3, -0.25) is 0 Å². The quantitative estimate of drug-likeness (QED) is 0.583. The summed E-state index contributed by atoms with van der Waals surface area (Å²) in [4.78, 5) is 0. The van der Waals surface area contributed by atoms with Crippen LogP contribution < -0.4 is 0 Å². The number of hydrogen-bond acceptors (Lipinski definition) is 1. The smallest absolute Gasteiger partial charge is 0.380 e. The molecular weight excluding hydrogens is 181 g/mol. The average molecular weight is 192 g/mol. The molecule has 74 valence electrons. The monoisotopic (exact) mass is 192 g/mol. The van der Waals surface area contributed by atoms with Crippen LogP contribution in [0.4, 0.5) is 13.2 Å². The molecule has 0 spiro atoms. The Hall–Kier alpha value is -0.510. The molecule has 0 aromatic heterocycles. The SMILES string of the molecule is CC1C2C=CC(C2)C1(O)C(F)(F)F. The Labute approximate surface area is 74.2 Å². The van der Waals surface area contributed by atoms with E-state index in [0.717, 1.165) is 0 Å². The van der Waals surface area contributed by atoms with Crippen LogP contribution in [0.25, 0.3) is 0 Å². The normalized spacial score (nSPS) is 48.8. The van der Waals surface area contributed by atoms with Gasteiger partial charge in [0, 0.05) is 11.8 Å². The number of allylic oxidation sites excluding steroid dienone is 1. The van der Waals surface area contributed by atoms with E-state index in [-0.39, 0.29) is 5.92 Å². The Kier molecular flexibility index (Phi) is 1.60. The molecule has 0 aromatic rings. The van der Waals surface area contributed by atoms with E-state index in [9.17, 15) is 18.3 Å². The number of aliphatic hydroxyl groups is 1. The lowest BCUT2D eigenvalue weighted by atomic mass is 9.79. The molecular formula is C9H11F3O. The minimum absolute atomic E-state index is 0.100. The number of alkyl halides is 3. The van der Waals surface area contributed by atoms with Crippen LogP contribution in [0.15, 0.2) is 12.2 Å². The summed E-state index contributed by atoms with van der Waals surface area (Å²) in [6.45, 7) is 1.47. The lowest BCUT2D eigenvalue weighted by molar-refractivity contribution is -0.283. The molecule has 0 saturated heterocycles. The van der Waals surface area contributed by atoms with Crippen molar-refractivity contribution in [1.29, 1.82) is 0 Å². The number of fused-ring (bicyclic) bond motifs is 2. The second-order valence-electron chi connectivity index (χ2n) is 4.00. The van der Waals surface area contributed by atoms with Gasteiger partial charge >= 0.3 is 6.18 Å². The van der Waals surface area contributed by atoms with Gasteiger partial charge in [-0.05, 0) is 12.3 Å². The third-order valence-corrected chi connectivity index (χ3v) is 3.47. The number of hydrogen-bond donors (Lipinski definition) is 1. The molecule has 2 rings (SSSR count). The Morgan fingerprint density at radius 3 is 2.31 bits per heavy atom. The van der Waals surface area contributed by atoms with E-state index < -0.39 is 23.6 Å². The first-order valence-corrected chi connectivity index (χ1v) is 4.35. The largest absolute Gasteiger partial charge is 0.418 e. The van der Waals surface area contributed by atoms with Crippen molar-refractivity contribution in [2.45, 2.75) is 25.1 Å². The van der Waals surface area contributed by atoms with Gasteiger partial charge in [-0.15, -0.1) is 0 Å². The Balaban J connectivity index is 2.39. The molecule has 4 unspecified atom stereocenters. The Bertz CT molecular complexity index is 258. The zero-order chi connectivity index (χ0) is 9.85. The van der Waals surface area contributed by atoms with Gasteiger partial charge in [-0.25, -0.2) is 0 Å². The summed E-state index contributed by atoms with van der Waals surface area (Å²) < 4.78 is 37.7. The first kappa shape index (κ1) is 9.06. The van der Waals surface area contributed by atoms with Gasteiger partial charge < -0.3 is 5.11 Å². The molecule has 1 nitrogen and oxygen atoms in total. The van der Waals surface area contributed by atoms with Gasteiger partial charge in [0.15, 0.2) is 5.60 Å². The molecule has 4 atom stereocenters. The fourth-order valence-corrected chi connectivity index (χ4v) is 2.56. The summed E-state index contributed by atoms with van der Waals surface area (Å²) in [6.07, 6.45) is -0.776. The van der Waals surface area contributed by atoms with Gasteiger partial charge in [0.1, 0.15) is 0 Å². The van der Waals surface area contributed by atoms with Crippen molar-refractivity contribution >= 4 is 0 Å². The average Bonchev–Trinajstić information content (AvgIpc) is 2.53. The van der Waals surface area contributed by atoms with E-state index >= 15 is 0 Å². The molecule has 4 heteroatoms. The molecule has 0 heterocycles. The molecule has 1 fully saturated rings. The van der Waals surface area contributed by atoms with Crippen molar-refractivity contribution in [1.82, 2.24) is 0 Å². The maximum absolute atomic E-state index is 12.6. The van der Waals surface area contributed by atoms with Crippen LogP contribution in [-0.2, 0) is 0 Å². The number of rotatable bonds is 0. The maximum atomic E-state index is 12.6. The Morgan fingerprint density at radius 1 is 1.38 bits per heavy atom. The van der Waals surface area contributed by atoms with E-state index in [2.05, 4.69) is 0 Å². The fraction of sp³-hybridized carbons (Fsp3) is 0.778. The van der Waals surface area contributed by atoms with E-state index in [1.54, 1.807) is 6.08 Å².